The number of hydrogen-bond acceptors (Lipinski definition) is 2. The molecule has 0 spiro atoms. The number of urea groups is 1. The molecule has 2 aromatic carbocycles. The molecule has 0 radical (unpaired) electrons. The van der Waals surface area contributed by atoms with Gasteiger partial charge in [-0.2, -0.15) is 13.2 Å². The standard InChI is InChI=1S/C23H25F3N2O2/c24-23(25,26)18-8-9-19(16-10-13-30-14-11-16)20(15-18)27-22(29)28-12-4-7-21(28)17-5-2-1-3-6-17/h1-3,5-6,8-9,15-16,21H,4,7,10-14H2,(H,27,29). The van der Waals surface area contributed by atoms with Crippen LogP contribution in [0.1, 0.15) is 54.3 Å². The first-order valence-electron chi connectivity index (χ1n) is 10.3. The van der Waals surface area contributed by atoms with Gasteiger partial charge in [0.15, 0.2) is 0 Å². The fourth-order valence-electron chi connectivity index (χ4n) is 4.42. The normalized spacial score (nSPS) is 20.4. The van der Waals surface area contributed by atoms with E-state index in [2.05, 4.69) is 5.32 Å². The van der Waals surface area contributed by atoms with Gasteiger partial charge < -0.3 is 15.0 Å². The number of ether oxygens (including phenoxy) is 1. The van der Waals surface area contributed by atoms with Crippen LogP contribution < -0.4 is 5.32 Å². The Kier molecular flexibility index (Phi) is 5.99. The zero-order valence-corrected chi connectivity index (χ0v) is 16.6. The Labute approximate surface area is 174 Å². The second kappa shape index (κ2) is 8.68. The van der Waals surface area contributed by atoms with Crippen molar-refractivity contribution < 1.29 is 22.7 Å². The van der Waals surface area contributed by atoms with Crippen molar-refractivity contribution in [2.24, 2.45) is 0 Å². The first-order chi connectivity index (χ1) is 14.4. The summed E-state index contributed by atoms with van der Waals surface area (Å²) in [5, 5.41) is 2.81. The molecule has 4 rings (SSSR count). The lowest BCUT2D eigenvalue weighted by Gasteiger charge is -2.28. The maximum absolute atomic E-state index is 13.3. The number of halogens is 3. The Morgan fingerprint density at radius 3 is 2.47 bits per heavy atom. The first-order valence-corrected chi connectivity index (χ1v) is 10.3. The van der Waals surface area contributed by atoms with Crippen LogP contribution >= 0.6 is 0 Å². The van der Waals surface area contributed by atoms with Crippen LogP contribution in [0.4, 0.5) is 23.7 Å². The predicted molar refractivity (Wildman–Crippen MR) is 108 cm³/mol. The molecule has 2 heterocycles. The number of carbonyl (C=O) groups excluding carboxylic acids is 1. The number of likely N-dealkylation sites (tertiary alicyclic amines) is 1. The fourth-order valence-corrected chi connectivity index (χ4v) is 4.42. The summed E-state index contributed by atoms with van der Waals surface area (Å²) in [4.78, 5) is 14.8. The molecular formula is C23H25F3N2O2. The number of carbonyl (C=O) groups is 1. The summed E-state index contributed by atoms with van der Waals surface area (Å²) in [6.45, 7) is 1.72. The van der Waals surface area contributed by atoms with Gasteiger partial charge in [0.1, 0.15) is 0 Å². The molecule has 1 N–H and O–H groups in total. The average molecular weight is 418 g/mol. The highest BCUT2D eigenvalue weighted by Crippen LogP contribution is 2.38. The number of nitrogens with zero attached hydrogens (tertiary/aromatic N) is 1. The molecule has 0 saturated carbocycles. The minimum absolute atomic E-state index is 0.0662. The molecule has 30 heavy (non-hydrogen) atoms. The smallest absolute Gasteiger partial charge is 0.381 e. The van der Waals surface area contributed by atoms with E-state index in [1.165, 1.54) is 6.07 Å². The molecule has 160 valence electrons. The van der Waals surface area contributed by atoms with E-state index in [1.54, 1.807) is 4.90 Å². The molecule has 0 aliphatic carbocycles. The maximum Gasteiger partial charge on any atom is 0.416 e. The van der Waals surface area contributed by atoms with E-state index in [4.69, 9.17) is 4.74 Å². The van der Waals surface area contributed by atoms with Gasteiger partial charge in [0.05, 0.1) is 11.6 Å². The SMILES string of the molecule is O=C(Nc1cc(C(F)(F)F)ccc1C1CCOCC1)N1CCCC1c1ccccc1. The van der Waals surface area contributed by atoms with E-state index in [0.717, 1.165) is 48.9 Å². The van der Waals surface area contributed by atoms with Crippen LogP contribution in [-0.4, -0.2) is 30.7 Å². The number of nitrogens with one attached hydrogen (secondary N) is 1. The lowest BCUT2D eigenvalue weighted by Crippen LogP contribution is -2.35. The van der Waals surface area contributed by atoms with E-state index in [-0.39, 0.29) is 23.7 Å². The van der Waals surface area contributed by atoms with Gasteiger partial charge in [-0.1, -0.05) is 36.4 Å². The molecule has 2 aromatic rings. The summed E-state index contributed by atoms with van der Waals surface area (Å²) in [7, 11) is 0. The zero-order chi connectivity index (χ0) is 21.1. The van der Waals surface area contributed by atoms with Crippen molar-refractivity contribution in [3.63, 3.8) is 0 Å². The largest absolute Gasteiger partial charge is 0.416 e. The van der Waals surface area contributed by atoms with Gasteiger partial charge in [-0.15, -0.1) is 0 Å². The lowest BCUT2D eigenvalue weighted by molar-refractivity contribution is -0.137. The monoisotopic (exact) mass is 418 g/mol. The van der Waals surface area contributed by atoms with E-state index in [1.807, 2.05) is 30.3 Å². The summed E-state index contributed by atoms with van der Waals surface area (Å²) < 4.78 is 45.4. The first kappa shape index (κ1) is 20.7. The van der Waals surface area contributed by atoms with Gasteiger partial charge in [-0.25, -0.2) is 4.79 Å². The van der Waals surface area contributed by atoms with Crippen molar-refractivity contribution in [2.75, 3.05) is 25.1 Å². The van der Waals surface area contributed by atoms with E-state index in [9.17, 15) is 18.0 Å². The van der Waals surface area contributed by atoms with Crippen molar-refractivity contribution in [3.05, 3.63) is 65.2 Å². The molecule has 2 saturated heterocycles. The second-order valence-electron chi connectivity index (χ2n) is 7.88. The molecular weight excluding hydrogens is 393 g/mol. The van der Waals surface area contributed by atoms with Crippen LogP contribution in [0.25, 0.3) is 0 Å². The molecule has 0 bridgehead atoms. The fraction of sp³-hybridized carbons (Fsp3) is 0.435. The van der Waals surface area contributed by atoms with Crippen LogP contribution in [0.5, 0.6) is 0 Å². The average Bonchev–Trinajstić information content (AvgIpc) is 3.24. The highest BCUT2D eigenvalue weighted by atomic mass is 19.4. The van der Waals surface area contributed by atoms with E-state index in [0.29, 0.717) is 19.8 Å². The third kappa shape index (κ3) is 4.46. The highest BCUT2D eigenvalue weighted by Gasteiger charge is 2.34. The van der Waals surface area contributed by atoms with Gasteiger partial charge in [-0.05, 0) is 54.9 Å². The number of alkyl halides is 3. The predicted octanol–water partition coefficient (Wildman–Crippen LogP) is 5.97. The highest BCUT2D eigenvalue weighted by molar-refractivity contribution is 5.91. The van der Waals surface area contributed by atoms with Crippen molar-refractivity contribution in [1.82, 2.24) is 4.90 Å². The molecule has 2 fully saturated rings. The van der Waals surface area contributed by atoms with Crippen LogP contribution in [0, 0.1) is 0 Å². The Hall–Kier alpha value is -2.54. The van der Waals surface area contributed by atoms with Crippen molar-refractivity contribution in [3.8, 4) is 0 Å². The molecule has 2 amide bonds. The molecule has 2 aliphatic rings. The van der Waals surface area contributed by atoms with Crippen molar-refractivity contribution >= 4 is 11.7 Å². The number of rotatable bonds is 3. The molecule has 1 unspecified atom stereocenters. The van der Waals surface area contributed by atoms with Gasteiger partial charge in [0, 0.05) is 25.4 Å². The number of amides is 2. The maximum atomic E-state index is 13.3. The Balaban J connectivity index is 1.61. The zero-order valence-electron chi connectivity index (χ0n) is 16.6. The molecule has 2 aliphatic heterocycles. The quantitative estimate of drug-likeness (QED) is 0.667. The summed E-state index contributed by atoms with van der Waals surface area (Å²) in [6, 6.07) is 13.0. The van der Waals surface area contributed by atoms with Crippen LogP contribution in [0.2, 0.25) is 0 Å². The minimum atomic E-state index is -4.46. The van der Waals surface area contributed by atoms with Gasteiger partial charge in [-0.3, -0.25) is 0 Å². The molecule has 0 aromatic heterocycles. The third-order valence-corrected chi connectivity index (χ3v) is 5.98. The van der Waals surface area contributed by atoms with Crippen LogP contribution in [-0.2, 0) is 10.9 Å². The second-order valence-corrected chi connectivity index (χ2v) is 7.88. The lowest BCUT2D eigenvalue weighted by atomic mass is 9.89. The van der Waals surface area contributed by atoms with E-state index < -0.39 is 11.7 Å². The number of anilines is 1. The minimum Gasteiger partial charge on any atom is -0.381 e. The summed E-state index contributed by atoms with van der Waals surface area (Å²) in [5.74, 6) is 0.0693. The third-order valence-electron chi connectivity index (χ3n) is 5.98. The van der Waals surface area contributed by atoms with Crippen LogP contribution in [0.3, 0.4) is 0 Å². The Morgan fingerprint density at radius 1 is 1.03 bits per heavy atom. The topological polar surface area (TPSA) is 41.6 Å². The van der Waals surface area contributed by atoms with Crippen LogP contribution in [0.15, 0.2) is 48.5 Å². The molecule has 4 nitrogen and oxygen atoms in total. The summed E-state index contributed by atoms with van der Waals surface area (Å²) >= 11 is 0. The molecule has 1 atom stereocenters. The van der Waals surface area contributed by atoms with Gasteiger partial charge in [0.25, 0.3) is 0 Å². The molecule has 7 heteroatoms. The van der Waals surface area contributed by atoms with Gasteiger partial charge in [0.2, 0.25) is 0 Å². The Bertz CT molecular complexity index is 880. The summed E-state index contributed by atoms with van der Waals surface area (Å²) in [6.07, 6.45) is -1.31. The van der Waals surface area contributed by atoms with E-state index >= 15 is 0 Å². The van der Waals surface area contributed by atoms with Crippen molar-refractivity contribution in [1.29, 1.82) is 0 Å². The number of benzene rings is 2. The summed E-state index contributed by atoms with van der Waals surface area (Å²) in [5.41, 5.74) is 1.28. The number of hydrogen-bond donors (Lipinski definition) is 1. The van der Waals surface area contributed by atoms with Gasteiger partial charge >= 0.3 is 12.2 Å². The van der Waals surface area contributed by atoms with Crippen molar-refractivity contribution in [2.45, 2.75) is 43.8 Å². The Morgan fingerprint density at radius 2 is 1.77 bits per heavy atom.